The van der Waals surface area contributed by atoms with Gasteiger partial charge in [0.2, 0.25) is 0 Å². The zero-order valence-electron chi connectivity index (χ0n) is 40.9. The summed E-state index contributed by atoms with van der Waals surface area (Å²) in [5, 5.41) is 2.24. The number of para-hydroxylation sites is 4. The molecular weight excluding hydrogens is 884 g/mol. The molecule has 2 aliphatic carbocycles. The van der Waals surface area contributed by atoms with Crippen molar-refractivity contribution in [2.45, 2.75) is 19.3 Å². The van der Waals surface area contributed by atoms with Crippen LogP contribution in [0, 0.1) is 5.92 Å². The lowest BCUT2D eigenvalue weighted by Crippen LogP contribution is -2.37. The molecule has 0 N–H and O–H groups in total. The van der Waals surface area contributed by atoms with Crippen molar-refractivity contribution in [2.24, 2.45) is 5.92 Å². The van der Waals surface area contributed by atoms with E-state index in [0.29, 0.717) is 6.32 Å². The van der Waals surface area contributed by atoms with Crippen LogP contribution in [0.1, 0.15) is 6.92 Å². The highest BCUT2D eigenvalue weighted by atomic mass is 15.2. The third kappa shape index (κ3) is 9.74. The lowest BCUT2D eigenvalue weighted by Gasteiger charge is -2.39. The first-order chi connectivity index (χ1) is 36.1. The molecule has 0 amide bonds. The first kappa shape index (κ1) is 46.3. The molecule has 4 nitrogen and oxygen atoms in total. The minimum absolute atomic E-state index is 0.0709. The maximum atomic E-state index is 6.26. The Hall–Kier alpha value is -9.06. The zero-order chi connectivity index (χ0) is 49.3. The Bertz CT molecular complexity index is 3460. The summed E-state index contributed by atoms with van der Waals surface area (Å²) < 4.78 is 0. The van der Waals surface area contributed by atoms with E-state index in [2.05, 4.69) is 318 Å². The minimum Gasteiger partial charge on any atom is -0.334 e. The molecule has 0 fully saturated rings. The van der Waals surface area contributed by atoms with Crippen LogP contribution >= 0.6 is 0 Å². The Kier molecular flexibility index (Phi) is 13.7. The topological polar surface area (TPSA) is 13.0 Å². The average Bonchev–Trinajstić information content (AvgIpc) is 3.46. The molecule has 9 aromatic rings. The van der Waals surface area contributed by atoms with Gasteiger partial charge in [0, 0.05) is 68.0 Å². The number of anilines is 11. The Balaban J connectivity index is 0.936. The summed E-state index contributed by atoms with van der Waals surface area (Å²) in [5.41, 5.74) is 15.6. The highest BCUT2D eigenvalue weighted by molar-refractivity contribution is 6.11. The first-order valence-corrected chi connectivity index (χ1v) is 25.1. The number of hydrogen-bond acceptors (Lipinski definition) is 4. The van der Waals surface area contributed by atoms with Crippen molar-refractivity contribution in [2.75, 3.05) is 19.6 Å². The highest BCUT2D eigenvalue weighted by Crippen LogP contribution is 2.42. The van der Waals surface area contributed by atoms with Gasteiger partial charge in [-0.15, -0.1) is 0 Å². The molecule has 0 aromatic heterocycles. The predicted molar refractivity (Wildman–Crippen MR) is 312 cm³/mol. The molecule has 0 spiro atoms. The van der Waals surface area contributed by atoms with Gasteiger partial charge in [0.15, 0.2) is 0 Å². The number of rotatable bonds is 14. The molecule has 2 unspecified atom stereocenters. The Labute approximate surface area is 431 Å². The second kappa shape index (κ2) is 21.5. The molecule has 5 heteroatoms. The molecule has 11 rings (SSSR count). The van der Waals surface area contributed by atoms with Crippen molar-refractivity contribution in [1.82, 2.24) is 0 Å². The summed E-state index contributed by atoms with van der Waals surface area (Å²) in [4.78, 5) is 9.44. The summed E-state index contributed by atoms with van der Waals surface area (Å²) >= 11 is 0. The SMILES string of the molecule is [B]CC=c1c(N(c2ccc(-c3ccc(N(c4ccc(N(c5ccccc5)c5ccccc5)cc4)C4C=CC=C5C=CC=CC54)cc3)cc2)c2ccc(N(c3ccccc3)c3ccccc3)cc2)cccc1=CC. The van der Waals surface area contributed by atoms with Gasteiger partial charge in [-0.25, -0.2) is 0 Å². The molecule has 350 valence electrons. The summed E-state index contributed by atoms with van der Waals surface area (Å²) in [6, 6.07) is 84.7. The van der Waals surface area contributed by atoms with Crippen molar-refractivity contribution in [1.29, 1.82) is 0 Å². The molecule has 0 saturated heterocycles. The van der Waals surface area contributed by atoms with E-state index in [-0.39, 0.29) is 12.0 Å². The van der Waals surface area contributed by atoms with E-state index in [9.17, 15) is 0 Å². The maximum absolute atomic E-state index is 6.26. The molecule has 0 aliphatic heterocycles. The van der Waals surface area contributed by atoms with Gasteiger partial charge >= 0.3 is 0 Å². The van der Waals surface area contributed by atoms with Crippen LogP contribution in [-0.4, -0.2) is 13.9 Å². The molecular formula is C68H55BN4. The van der Waals surface area contributed by atoms with Crippen LogP contribution in [0.2, 0.25) is 6.32 Å². The molecule has 0 bridgehead atoms. The van der Waals surface area contributed by atoms with Gasteiger partial charge in [-0.05, 0) is 156 Å². The zero-order valence-corrected chi connectivity index (χ0v) is 40.9. The van der Waals surface area contributed by atoms with Crippen LogP contribution < -0.4 is 30.0 Å². The van der Waals surface area contributed by atoms with E-state index in [0.717, 1.165) is 84.1 Å². The van der Waals surface area contributed by atoms with Gasteiger partial charge in [-0.3, -0.25) is 0 Å². The Morgan fingerprint density at radius 1 is 0.397 bits per heavy atom. The van der Waals surface area contributed by atoms with Crippen LogP contribution in [0.5, 0.6) is 0 Å². The quantitative estimate of drug-likeness (QED) is 0.101. The van der Waals surface area contributed by atoms with Gasteiger partial charge in [-0.2, -0.15) is 0 Å². The molecule has 0 saturated carbocycles. The maximum Gasteiger partial charge on any atom is 0.0708 e. The summed E-state index contributed by atoms with van der Waals surface area (Å²) in [6.07, 6.45) is 20.4. The number of fused-ring (bicyclic) bond motifs is 1. The van der Waals surface area contributed by atoms with Gasteiger partial charge in [0.05, 0.1) is 19.6 Å². The van der Waals surface area contributed by atoms with Gasteiger partial charge in [-0.1, -0.05) is 170 Å². The van der Waals surface area contributed by atoms with Crippen LogP contribution in [0.3, 0.4) is 0 Å². The van der Waals surface area contributed by atoms with Crippen molar-refractivity contribution >= 4 is 82.6 Å². The largest absolute Gasteiger partial charge is 0.334 e. The third-order valence-corrected chi connectivity index (χ3v) is 13.8. The molecule has 0 heterocycles. The van der Waals surface area contributed by atoms with Crippen LogP contribution in [0.15, 0.2) is 285 Å². The fourth-order valence-corrected chi connectivity index (χ4v) is 10.3. The minimum atomic E-state index is 0.0709. The highest BCUT2D eigenvalue weighted by Gasteiger charge is 2.30. The standard InChI is InChI=1S/C68H55BN4/c1-2-51-20-17-31-68(66(51)49-50-69)73(64-47-43-60(44-48-64)71(57-26-11-5-12-27-57)58-28-13-6-14-29-58)62-39-35-53(36-40-62)52-33-37-61(38-34-52)72(67-32-18-21-54-19-15-16-30-65(54)67)63-45-41-59(42-46-63)70(55-22-7-3-8-23-55)56-24-9-4-10-25-56/h2-49,65,67H,50H2,1H3. The summed E-state index contributed by atoms with van der Waals surface area (Å²) in [6.45, 7) is 2.08. The normalized spacial score (nSPS) is 15.1. The van der Waals surface area contributed by atoms with Gasteiger partial charge < -0.3 is 19.6 Å². The van der Waals surface area contributed by atoms with Crippen molar-refractivity contribution in [3.63, 3.8) is 0 Å². The van der Waals surface area contributed by atoms with E-state index in [1.807, 2.05) is 0 Å². The molecule has 2 aliphatic rings. The molecule has 73 heavy (non-hydrogen) atoms. The van der Waals surface area contributed by atoms with Gasteiger partial charge in [0.1, 0.15) is 0 Å². The smallest absolute Gasteiger partial charge is 0.0708 e. The summed E-state index contributed by atoms with van der Waals surface area (Å²) in [5.74, 6) is 0.205. The van der Waals surface area contributed by atoms with E-state index in [1.54, 1.807) is 0 Å². The van der Waals surface area contributed by atoms with Gasteiger partial charge in [0.25, 0.3) is 0 Å². The van der Waals surface area contributed by atoms with Crippen molar-refractivity contribution < 1.29 is 0 Å². The first-order valence-electron chi connectivity index (χ1n) is 25.1. The van der Waals surface area contributed by atoms with Crippen LogP contribution in [-0.2, 0) is 0 Å². The van der Waals surface area contributed by atoms with Crippen LogP contribution in [0.4, 0.5) is 62.6 Å². The monoisotopic (exact) mass is 938 g/mol. The molecule has 2 radical (unpaired) electrons. The predicted octanol–water partition coefficient (Wildman–Crippen LogP) is 16.7. The number of nitrogens with zero attached hydrogens (tertiary/aromatic N) is 4. The fourth-order valence-electron chi connectivity index (χ4n) is 10.3. The second-order valence-corrected chi connectivity index (χ2v) is 18.2. The Morgan fingerprint density at radius 3 is 1.26 bits per heavy atom. The second-order valence-electron chi connectivity index (χ2n) is 18.2. The molecule has 9 aromatic carbocycles. The Morgan fingerprint density at radius 2 is 0.808 bits per heavy atom. The number of hydrogen-bond donors (Lipinski definition) is 0. The fraction of sp³-hybridized carbons (Fsp3) is 0.0588. The number of benzene rings is 9. The van der Waals surface area contributed by atoms with Crippen molar-refractivity contribution in [3.8, 4) is 11.1 Å². The molecule has 2 atom stereocenters. The van der Waals surface area contributed by atoms with E-state index >= 15 is 0 Å². The average molecular weight is 939 g/mol. The summed E-state index contributed by atoms with van der Waals surface area (Å²) in [7, 11) is 6.26. The van der Waals surface area contributed by atoms with Crippen LogP contribution in [0.25, 0.3) is 23.3 Å². The number of allylic oxidation sites excluding steroid dienone is 5. The lowest BCUT2D eigenvalue weighted by atomic mass is 9.83. The third-order valence-electron chi connectivity index (χ3n) is 13.8. The van der Waals surface area contributed by atoms with Crippen molar-refractivity contribution in [3.05, 3.63) is 295 Å². The van der Waals surface area contributed by atoms with E-state index in [1.165, 1.54) is 5.57 Å². The van der Waals surface area contributed by atoms with E-state index in [4.69, 9.17) is 7.85 Å². The van der Waals surface area contributed by atoms with E-state index < -0.39 is 0 Å². The lowest BCUT2D eigenvalue weighted by molar-refractivity contribution is 0.640.